The second-order valence-electron chi connectivity index (χ2n) is 7.08. The van der Waals surface area contributed by atoms with Crippen molar-refractivity contribution in [3.05, 3.63) is 59.7 Å². The minimum absolute atomic E-state index is 0.0376. The van der Waals surface area contributed by atoms with E-state index < -0.39 is 0 Å². The van der Waals surface area contributed by atoms with Crippen LogP contribution in [-0.2, 0) is 0 Å². The fourth-order valence-electron chi connectivity index (χ4n) is 3.58. The molecule has 140 valence electrons. The number of aryl methyl sites for hydroxylation is 1. The molecular weight excluding hydrogens is 345 g/mol. The fraction of sp³-hybridized carbons (Fsp3) is 0.333. The van der Waals surface area contributed by atoms with E-state index in [1.165, 1.54) is 12.1 Å². The van der Waals surface area contributed by atoms with Crippen LogP contribution in [0.15, 0.2) is 42.5 Å². The van der Waals surface area contributed by atoms with Gasteiger partial charge in [0.1, 0.15) is 17.4 Å². The van der Waals surface area contributed by atoms with E-state index in [0.717, 1.165) is 36.2 Å². The summed E-state index contributed by atoms with van der Waals surface area (Å²) in [6.07, 6.45) is 1.97. The lowest BCUT2D eigenvalue weighted by Crippen LogP contribution is -2.41. The molecule has 6 heteroatoms. The summed E-state index contributed by atoms with van der Waals surface area (Å²) in [7, 11) is 0. The molecule has 2 aromatic carbocycles. The quantitative estimate of drug-likeness (QED) is 0.760. The molecule has 5 nitrogen and oxygen atoms in total. The number of aromatic amines is 1. The SMILES string of the molecule is Cc1nc2ccc(C(=O)N3CCC[C@@H](COc4ccc(F)cc4)C3)cc2[nH]1. The number of carbonyl (C=O) groups is 1. The van der Waals surface area contributed by atoms with Gasteiger partial charge >= 0.3 is 0 Å². The maximum absolute atomic E-state index is 13.0. The standard InChI is InChI=1S/C21H22FN3O2/c1-14-23-19-9-4-16(11-20(19)24-14)21(26)25-10-2-3-15(12-25)13-27-18-7-5-17(22)6-8-18/h4-9,11,15H,2-3,10,12-13H2,1H3,(H,23,24)/t15-/m1/s1. The molecule has 1 amide bonds. The van der Waals surface area contributed by atoms with Crippen molar-refractivity contribution in [2.75, 3.05) is 19.7 Å². The summed E-state index contributed by atoms with van der Waals surface area (Å²) in [5.74, 6) is 1.52. The second kappa shape index (κ2) is 7.39. The number of amides is 1. The third-order valence-electron chi connectivity index (χ3n) is 4.95. The average Bonchev–Trinajstić information content (AvgIpc) is 3.06. The topological polar surface area (TPSA) is 58.2 Å². The van der Waals surface area contributed by atoms with Gasteiger partial charge in [-0.05, 0) is 62.2 Å². The zero-order chi connectivity index (χ0) is 18.8. The molecule has 27 heavy (non-hydrogen) atoms. The molecule has 1 aliphatic heterocycles. The van der Waals surface area contributed by atoms with Crippen LogP contribution in [0.3, 0.4) is 0 Å². The monoisotopic (exact) mass is 367 g/mol. The smallest absolute Gasteiger partial charge is 0.253 e. The van der Waals surface area contributed by atoms with Crippen molar-refractivity contribution in [2.24, 2.45) is 5.92 Å². The van der Waals surface area contributed by atoms with E-state index in [-0.39, 0.29) is 17.6 Å². The second-order valence-corrected chi connectivity index (χ2v) is 7.08. The summed E-state index contributed by atoms with van der Waals surface area (Å²) >= 11 is 0. The number of carbonyl (C=O) groups excluding carboxylic acids is 1. The number of rotatable bonds is 4. The summed E-state index contributed by atoms with van der Waals surface area (Å²) in [4.78, 5) is 22.4. The van der Waals surface area contributed by atoms with Gasteiger partial charge in [0.25, 0.3) is 5.91 Å². The molecule has 1 aromatic heterocycles. The fourth-order valence-corrected chi connectivity index (χ4v) is 3.58. The lowest BCUT2D eigenvalue weighted by molar-refractivity contribution is 0.0633. The highest BCUT2D eigenvalue weighted by Crippen LogP contribution is 2.22. The van der Waals surface area contributed by atoms with Crippen molar-refractivity contribution in [2.45, 2.75) is 19.8 Å². The van der Waals surface area contributed by atoms with E-state index in [0.29, 0.717) is 24.5 Å². The number of imidazole rings is 1. The third-order valence-corrected chi connectivity index (χ3v) is 4.95. The number of benzene rings is 2. The summed E-state index contributed by atoms with van der Waals surface area (Å²) in [6, 6.07) is 11.6. The Bertz CT molecular complexity index is 952. The molecule has 0 spiro atoms. The van der Waals surface area contributed by atoms with E-state index in [1.54, 1.807) is 12.1 Å². The Morgan fingerprint density at radius 3 is 2.93 bits per heavy atom. The largest absolute Gasteiger partial charge is 0.493 e. The number of fused-ring (bicyclic) bond motifs is 1. The zero-order valence-electron chi connectivity index (χ0n) is 15.2. The van der Waals surface area contributed by atoms with Gasteiger partial charge in [-0.2, -0.15) is 0 Å². The summed E-state index contributed by atoms with van der Waals surface area (Å²) < 4.78 is 18.8. The average molecular weight is 367 g/mol. The lowest BCUT2D eigenvalue weighted by atomic mass is 9.98. The van der Waals surface area contributed by atoms with Crippen LogP contribution >= 0.6 is 0 Å². The predicted molar refractivity (Wildman–Crippen MR) is 101 cm³/mol. The van der Waals surface area contributed by atoms with Crippen LogP contribution in [0.4, 0.5) is 4.39 Å². The highest BCUT2D eigenvalue weighted by atomic mass is 19.1. The Hall–Kier alpha value is -2.89. The Kier molecular flexibility index (Phi) is 4.79. The van der Waals surface area contributed by atoms with Crippen LogP contribution < -0.4 is 4.74 Å². The van der Waals surface area contributed by atoms with Crippen LogP contribution in [0, 0.1) is 18.7 Å². The van der Waals surface area contributed by atoms with Gasteiger partial charge in [-0.25, -0.2) is 9.37 Å². The van der Waals surface area contributed by atoms with Gasteiger partial charge in [0.2, 0.25) is 0 Å². The summed E-state index contributed by atoms with van der Waals surface area (Å²) in [6.45, 7) is 3.85. The maximum Gasteiger partial charge on any atom is 0.253 e. The van der Waals surface area contributed by atoms with Gasteiger partial charge in [-0.15, -0.1) is 0 Å². The zero-order valence-corrected chi connectivity index (χ0v) is 15.2. The minimum atomic E-state index is -0.277. The number of nitrogens with zero attached hydrogens (tertiary/aromatic N) is 2. The van der Waals surface area contributed by atoms with Gasteiger partial charge in [0.05, 0.1) is 17.6 Å². The number of aromatic nitrogens is 2. The lowest BCUT2D eigenvalue weighted by Gasteiger charge is -2.32. The summed E-state index contributed by atoms with van der Waals surface area (Å²) in [5, 5.41) is 0. The molecule has 3 aromatic rings. The number of likely N-dealkylation sites (tertiary alicyclic amines) is 1. The van der Waals surface area contributed by atoms with E-state index in [4.69, 9.17) is 4.74 Å². The molecule has 1 atom stereocenters. The third kappa shape index (κ3) is 3.94. The van der Waals surface area contributed by atoms with E-state index in [9.17, 15) is 9.18 Å². The van der Waals surface area contributed by atoms with Crippen LogP contribution in [0.2, 0.25) is 0 Å². The number of nitrogens with one attached hydrogen (secondary N) is 1. The molecule has 1 aliphatic rings. The molecule has 0 bridgehead atoms. The Labute approximate surface area is 157 Å². The van der Waals surface area contributed by atoms with Crippen molar-refractivity contribution in [3.8, 4) is 5.75 Å². The van der Waals surface area contributed by atoms with Gasteiger partial charge in [-0.3, -0.25) is 4.79 Å². The predicted octanol–water partition coefficient (Wildman–Crippen LogP) is 3.94. The van der Waals surface area contributed by atoms with Gasteiger partial charge in [-0.1, -0.05) is 0 Å². The molecule has 0 radical (unpaired) electrons. The number of H-pyrrole nitrogens is 1. The Morgan fingerprint density at radius 2 is 2.11 bits per heavy atom. The van der Waals surface area contributed by atoms with E-state index in [2.05, 4.69) is 9.97 Å². The van der Waals surface area contributed by atoms with Crippen molar-refractivity contribution >= 4 is 16.9 Å². The number of hydrogen-bond acceptors (Lipinski definition) is 3. The molecular formula is C21H22FN3O2. The van der Waals surface area contributed by atoms with Crippen molar-refractivity contribution in [1.82, 2.24) is 14.9 Å². The van der Waals surface area contributed by atoms with Gasteiger partial charge in [0, 0.05) is 24.6 Å². The number of halogens is 1. The van der Waals surface area contributed by atoms with Crippen molar-refractivity contribution in [1.29, 1.82) is 0 Å². The first kappa shape index (κ1) is 17.5. The van der Waals surface area contributed by atoms with Crippen LogP contribution in [0.25, 0.3) is 11.0 Å². The van der Waals surface area contributed by atoms with Gasteiger partial charge < -0.3 is 14.6 Å². The van der Waals surface area contributed by atoms with Crippen LogP contribution in [0.1, 0.15) is 29.0 Å². The first-order chi connectivity index (χ1) is 13.1. The molecule has 1 N–H and O–H groups in total. The normalized spacial score (nSPS) is 17.3. The van der Waals surface area contributed by atoms with Crippen molar-refractivity contribution in [3.63, 3.8) is 0 Å². The molecule has 2 heterocycles. The van der Waals surface area contributed by atoms with Crippen LogP contribution in [-0.4, -0.2) is 40.5 Å². The highest BCUT2D eigenvalue weighted by Gasteiger charge is 2.25. The summed E-state index contributed by atoms with van der Waals surface area (Å²) in [5.41, 5.74) is 2.42. The van der Waals surface area contributed by atoms with Crippen LogP contribution in [0.5, 0.6) is 5.75 Å². The molecule has 0 aliphatic carbocycles. The number of ether oxygens (including phenoxy) is 1. The highest BCUT2D eigenvalue weighted by molar-refractivity contribution is 5.97. The molecule has 1 saturated heterocycles. The molecule has 0 saturated carbocycles. The maximum atomic E-state index is 13.0. The Morgan fingerprint density at radius 1 is 1.30 bits per heavy atom. The molecule has 4 rings (SSSR count). The number of piperidine rings is 1. The van der Waals surface area contributed by atoms with E-state index >= 15 is 0 Å². The Balaban J connectivity index is 1.40. The first-order valence-electron chi connectivity index (χ1n) is 9.22. The van der Waals surface area contributed by atoms with Crippen molar-refractivity contribution < 1.29 is 13.9 Å². The molecule has 1 fully saturated rings. The first-order valence-corrected chi connectivity index (χ1v) is 9.22. The van der Waals surface area contributed by atoms with E-state index in [1.807, 2.05) is 30.0 Å². The number of hydrogen-bond donors (Lipinski definition) is 1. The minimum Gasteiger partial charge on any atom is -0.493 e. The van der Waals surface area contributed by atoms with Gasteiger partial charge in [0.15, 0.2) is 0 Å². The molecule has 0 unspecified atom stereocenters.